The molecule has 1 aromatic rings. The highest BCUT2D eigenvalue weighted by atomic mass is 127. The van der Waals surface area contributed by atoms with Crippen molar-refractivity contribution in [1.29, 1.82) is 0 Å². The van der Waals surface area contributed by atoms with Crippen LogP contribution in [-0.2, 0) is 4.74 Å². The zero-order valence-corrected chi connectivity index (χ0v) is 13.2. The second-order valence-corrected chi connectivity index (χ2v) is 6.25. The number of rotatable bonds is 5. The van der Waals surface area contributed by atoms with Gasteiger partial charge in [-0.15, -0.1) is 0 Å². The SMILES string of the molecule is CC(NCCC1CCCCO1)c1ccc(I)cc1. The molecular weight excluding hydrogens is 337 g/mol. The largest absolute Gasteiger partial charge is 0.378 e. The van der Waals surface area contributed by atoms with E-state index in [1.165, 1.54) is 28.4 Å². The maximum Gasteiger partial charge on any atom is 0.0587 e. The molecule has 0 aliphatic carbocycles. The lowest BCUT2D eigenvalue weighted by atomic mass is 10.1. The van der Waals surface area contributed by atoms with Crippen molar-refractivity contribution in [3.8, 4) is 0 Å². The van der Waals surface area contributed by atoms with Gasteiger partial charge >= 0.3 is 0 Å². The van der Waals surface area contributed by atoms with Crippen LogP contribution in [0.25, 0.3) is 0 Å². The molecule has 1 aliphatic rings. The maximum atomic E-state index is 5.74. The Kier molecular flexibility index (Phi) is 5.92. The zero-order valence-electron chi connectivity index (χ0n) is 11.0. The normalized spacial score (nSPS) is 21.8. The van der Waals surface area contributed by atoms with Crippen molar-refractivity contribution < 1.29 is 4.74 Å². The molecule has 3 heteroatoms. The summed E-state index contributed by atoms with van der Waals surface area (Å²) in [7, 11) is 0. The maximum absolute atomic E-state index is 5.74. The number of hydrogen-bond donors (Lipinski definition) is 1. The minimum Gasteiger partial charge on any atom is -0.378 e. The summed E-state index contributed by atoms with van der Waals surface area (Å²) < 4.78 is 7.03. The molecule has 0 bridgehead atoms. The van der Waals surface area contributed by atoms with Crippen molar-refractivity contribution in [1.82, 2.24) is 5.32 Å². The van der Waals surface area contributed by atoms with Crippen molar-refractivity contribution in [3.63, 3.8) is 0 Å². The average molecular weight is 359 g/mol. The van der Waals surface area contributed by atoms with Crippen molar-refractivity contribution in [2.24, 2.45) is 0 Å². The van der Waals surface area contributed by atoms with Crippen LogP contribution in [0.5, 0.6) is 0 Å². The predicted molar refractivity (Wildman–Crippen MR) is 83.8 cm³/mol. The van der Waals surface area contributed by atoms with Crippen LogP contribution < -0.4 is 5.32 Å². The molecule has 2 rings (SSSR count). The van der Waals surface area contributed by atoms with Crippen LogP contribution in [0.2, 0.25) is 0 Å². The average Bonchev–Trinajstić information content (AvgIpc) is 2.40. The number of benzene rings is 1. The first kappa shape index (κ1) is 14.3. The van der Waals surface area contributed by atoms with Gasteiger partial charge in [-0.2, -0.15) is 0 Å². The van der Waals surface area contributed by atoms with Crippen LogP contribution in [0.1, 0.15) is 44.2 Å². The van der Waals surface area contributed by atoms with Crippen molar-refractivity contribution in [2.45, 2.75) is 44.8 Å². The Morgan fingerprint density at radius 1 is 1.33 bits per heavy atom. The van der Waals surface area contributed by atoms with Crippen LogP contribution in [0, 0.1) is 3.57 Å². The van der Waals surface area contributed by atoms with E-state index >= 15 is 0 Å². The molecule has 0 radical (unpaired) electrons. The summed E-state index contributed by atoms with van der Waals surface area (Å²) in [6.07, 6.45) is 5.42. The van der Waals surface area contributed by atoms with Gasteiger partial charge in [-0.25, -0.2) is 0 Å². The van der Waals surface area contributed by atoms with E-state index in [9.17, 15) is 0 Å². The quantitative estimate of drug-likeness (QED) is 0.806. The molecule has 1 aliphatic heterocycles. The molecular formula is C15H22INO. The highest BCUT2D eigenvalue weighted by Crippen LogP contribution is 2.17. The van der Waals surface area contributed by atoms with Crippen molar-refractivity contribution in [3.05, 3.63) is 33.4 Å². The van der Waals surface area contributed by atoms with Gasteiger partial charge in [0, 0.05) is 16.2 Å². The molecule has 2 unspecified atom stereocenters. The van der Waals surface area contributed by atoms with E-state index in [0.29, 0.717) is 12.1 Å². The highest BCUT2D eigenvalue weighted by Gasteiger charge is 2.13. The molecule has 0 amide bonds. The van der Waals surface area contributed by atoms with Crippen LogP contribution >= 0.6 is 22.6 Å². The van der Waals surface area contributed by atoms with Gasteiger partial charge in [0.2, 0.25) is 0 Å². The summed E-state index contributed by atoms with van der Waals surface area (Å²) in [4.78, 5) is 0. The minimum absolute atomic E-state index is 0.422. The topological polar surface area (TPSA) is 21.3 Å². The molecule has 1 N–H and O–H groups in total. The highest BCUT2D eigenvalue weighted by molar-refractivity contribution is 14.1. The molecule has 2 nitrogen and oxygen atoms in total. The number of hydrogen-bond acceptors (Lipinski definition) is 2. The van der Waals surface area contributed by atoms with E-state index < -0.39 is 0 Å². The van der Waals surface area contributed by atoms with Gasteiger partial charge in [-0.05, 0) is 79.4 Å². The first-order valence-electron chi connectivity index (χ1n) is 6.86. The summed E-state index contributed by atoms with van der Waals surface area (Å²) in [5, 5.41) is 3.58. The number of halogens is 1. The van der Waals surface area contributed by atoms with E-state index in [4.69, 9.17) is 4.74 Å². The smallest absolute Gasteiger partial charge is 0.0587 e. The number of nitrogens with one attached hydrogen (secondary N) is 1. The summed E-state index contributed by atoms with van der Waals surface area (Å²) in [6, 6.07) is 9.16. The zero-order chi connectivity index (χ0) is 12.8. The minimum atomic E-state index is 0.422. The predicted octanol–water partition coefficient (Wildman–Crippen LogP) is 3.90. The van der Waals surface area contributed by atoms with Gasteiger partial charge in [-0.3, -0.25) is 0 Å². The molecule has 1 fully saturated rings. The van der Waals surface area contributed by atoms with E-state index in [1.807, 2.05) is 0 Å². The second-order valence-electron chi connectivity index (χ2n) is 5.00. The summed E-state index contributed by atoms with van der Waals surface area (Å²) >= 11 is 2.34. The molecule has 0 spiro atoms. The van der Waals surface area contributed by atoms with E-state index in [2.05, 4.69) is 59.1 Å². The third-order valence-corrected chi connectivity index (χ3v) is 4.28. The Balaban J connectivity index is 1.70. The lowest BCUT2D eigenvalue weighted by Gasteiger charge is -2.23. The Labute approximate surface area is 124 Å². The van der Waals surface area contributed by atoms with Gasteiger partial charge in [-0.1, -0.05) is 12.1 Å². The fourth-order valence-electron chi connectivity index (χ4n) is 2.37. The third-order valence-electron chi connectivity index (χ3n) is 3.56. The Morgan fingerprint density at radius 2 is 2.11 bits per heavy atom. The second kappa shape index (κ2) is 7.46. The Bertz CT molecular complexity index is 346. The van der Waals surface area contributed by atoms with E-state index in [0.717, 1.165) is 19.6 Å². The Hall–Kier alpha value is -0.130. The van der Waals surface area contributed by atoms with Crippen LogP contribution in [-0.4, -0.2) is 19.3 Å². The van der Waals surface area contributed by atoms with E-state index in [1.54, 1.807) is 0 Å². The third kappa shape index (κ3) is 4.52. The molecule has 100 valence electrons. The summed E-state index contributed by atoms with van der Waals surface area (Å²) in [5.41, 5.74) is 1.36. The molecule has 1 heterocycles. The Morgan fingerprint density at radius 3 is 2.78 bits per heavy atom. The van der Waals surface area contributed by atoms with Crippen LogP contribution in [0.3, 0.4) is 0 Å². The van der Waals surface area contributed by atoms with Crippen LogP contribution in [0.4, 0.5) is 0 Å². The van der Waals surface area contributed by atoms with Gasteiger partial charge in [0.25, 0.3) is 0 Å². The first-order chi connectivity index (χ1) is 8.75. The summed E-state index contributed by atoms with van der Waals surface area (Å²) in [6.45, 7) is 4.22. The molecule has 0 aromatic heterocycles. The van der Waals surface area contributed by atoms with Gasteiger partial charge < -0.3 is 10.1 Å². The lowest BCUT2D eigenvalue weighted by Crippen LogP contribution is -2.27. The molecule has 2 atom stereocenters. The molecule has 1 aromatic carbocycles. The molecule has 0 saturated carbocycles. The lowest BCUT2D eigenvalue weighted by molar-refractivity contribution is 0.0112. The van der Waals surface area contributed by atoms with Crippen LogP contribution in [0.15, 0.2) is 24.3 Å². The van der Waals surface area contributed by atoms with Gasteiger partial charge in [0.05, 0.1) is 6.10 Å². The first-order valence-corrected chi connectivity index (χ1v) is 7.94. The van der Waals surface area contributed by atoms with Crippen molar-refractivity contribution >= 4 is 22.6 Å². The van der Waals surface area contributed by atoms with Gasteiger partial charge in [0.15, 0.2) is 0 Å². The summed E-state index contributed by atoms with van der Waals surface area (Å²) in [5.74, 6) is 0. The molecule has 1 saturated heterocycles. The standard InChI is InChI=1S/C15H22INO/c1-12(13-5-7-14(16)8-6-13)17-10-9-15-4-2-3-11-18-15/h5-8,12,15,17H,2-4,9-11H2,1H3. The fourth-order valence-corrected chi connectivity index (χ4v) is 2.72. The van der Waals surface area contributed by atoms with Crippen molar-refractivity contribution in [2.75, 3.05) is 13.2 Å². The molecule has 18 heavy (non-hydrogen) atoms. The monoisotopic (exact) mass is 359 g/mol. The fraction of sp³-hybridized carbons (Fsp3) is 0.600. The number of ether oxygens (including phenoxy) is 1. The van der Waals surface area contributed by atoms with E-state index in [-0.39, 0.29) is 0 Å². The van der Waals surface area contributed by atoms with Gasteiger partial charge in [0.1, 0.15) is 0 Å².